The van der Waals surface area contributed by atoms with Crippen molar-refractivity contribution in [2.75, 3.05) is 26.2 Å². The average Bonchev–Trinajstić information content (AvgIpc) is 2.19. The second-order valence-electron chi connectivity index (χ2n) is 4.97. The van der Waals surface area contributed by atoms with E-state index in [1.807, 2.05) is 0 Å². The maximum atomic E-state index is 10.4. The van der Waals surface area contributed by atoms with Crippen molar-refractivity contribution in [3.63, 3.8) is 0 Å². The summed E-state index contributed by atoms with van der Waals surface area (Å²) in [6.07, 6.45) is 5.36. The van der Waals surface area contributed by atoms with Gasteiger partial charge in [-0.25, -0.2) is 0 Å². The third-order valence-corrected chi connectivity index (χ3v) is 4.06. The number of fused-ring (bicyclic) bond motifs is 3. The standard InChI is InChI=1S/C11H19NO2.ClH/c13-11(14)2-1-6-12-7-3-10(4-8-12)5-9-12;/h10H,1-9H2;1H. The molecule has 0 aliphatic carbocycles. The molecule has 0 spiro atoms. The summed E-state index contributed by atoms with van der Waals surface area (Å²) >= 11 is 0. The zero-order valence-corrected chi connectivity index (χ0v) is 9.88. The predicted molar refractivity (Wildman–Crippen MR) is 53.9 cm³/mol. The summed E-state index contributed by atoms with van der Waals surface area (Å²) in [4.78, 5) is 10.4. The highest BCUT2D eigenvalue weighted by Crippen LogP contribution is 2.33. The minimum Gasteiger partial charge on any atom is -1.00 e. The Balaban J connectivity index is 0.00000112. The fraction of sp³-hybridized carbons (Fsp3) is 0.909. The summed E-state index contributed by atoms with van der Waals surface area (Å²) in [5, 5.41) is 8.60. The fourth-order valence-corrected chi connectivity index (χ4v) is 3.04. The third kappa shape index (κ3) is 3.08. The molecule has 3 aliphatic rings. The molecule has 0 atom stereocenters. The van der Waals surface area contributed by atoms with E-state index in [1.54, 1.807) is 0 Å². The van der Waals surface area contributed by atoms with Crippen LogP contribution in [0.2, 0.25) is 0 Å². The second kappa shape index (κ2) is 5.17. The van der Waals surface area contributed by atoms with Crippen molar-refractivity contribution in [3.05, 3.63) is 0 Å². The van der Waals surface area contributed by atoms with Crippen molar-refractivity contribution in [2.24, 2.45) is 5.92 Å². The van der Waals surface area contributed by atoms with Crippen LogP contribution >= 0.6 is 0 Å². The molecule has 3 aliphatic heterocycles. The summed E-state index contributed by atoms with van der Waals surface area (Å²) in [5.74, 6) is 0.351. The zero-order chi connectivity index (χ0) is 10.0. The van der Waals surface area contributed by atoms with Crippen LogP contribution in [0.25, 0.3) is 0 Å². The van der Waals surface area contributed by atoms with Crippen LogP contribution in [0.15, 0.2) is 0 Å². The van der Waals surface area contributed by atoms with Gasteiger partial charge in [0.15, 0.2) is 0 Å². The number of carboxylic acids is 1. The van der Waals surface area contributed by atoms with Gasteiger partial charge in [0, 0.05) is 6.42 Å². The topological polar surface area (TPSA) is 37.3 Å². The van der Waals surface area contributed by atoms with Gasteiger partial charge >= 0.3 is 5.97 Å². The van der Waals surface area contributed by atoms with Crippen molar-refractivity contribution in [1.82, 2.24) is 0 Å². The summed E-state index contributed by atoms with van der Waals surface area (Å²) in [5.41, 5.74) is 0. The molecule has 0 aromatic carbocycles. The Hall–Kier alpha value is -0.280. The fourth-order valence-electron chi connectivity index (χ4n) is 3.04. The summed E-state index contributed by atoms with van der Waals surface area (Å²) in [7, 11) is 0. The highest BCUT2D eigenvalue weighted by atomic mass is 35.5. The Bertz CT molecular complexity index is 211. The molecule has 0 aromatic rings. The first-order valence-corrected chi connectivity index (χ1v) is 5.77. The number of nitrogens with zero attached hydrogens (tertiary/aromatic N) is 1. The Morgan fingerprint density at radius 3 is 2.20 bits per heavy atom. The molecule has 0 aromatic heterocycles. The Labute approximate surface area is 97.5 Å². The molecular weight excluding hydrogens is 214 g/mol. The minimum atomic E-state index is -0.643. The van der Waals surface area contributed by atoms with Crippen molar-refractivity contribution in [3.8, 4) is 0 Å². The molecule has 0 saturated carbocycles. The number of hydrogen-bond acceptors (Lipinski definition) is 1. The number of aliphatic carboxylic acids is 1. The van der Waals surface area contributed by atoms with Crippen molar-refractivity contribution in [1.29, 1.82) is 0 Å². The van der Waals surface area contributed by atoms with E-state index in [4.69, 9.17) is 5.11 Å². The number of carbonyl (C=O) groups is 1. The molecule has 3 heterocycles. The highest BCUT2D eigenvalue weighted by Gasteiger charge is 2.38. The average molecular weight is 234 g/mol. The van der Waals surface area contributed by atoms with Gasteiger partial charge in [-0.1, -0.05) is 0 Å². The van der Waals surface area contributed by atoms with Gasteiger partial charge in [0.05, 0.1) is 32.6 Å². The molecule has 15 heavy (non-hydrogen) atoms. The third-order valence-electron chi connectivity index (χ3n) is 4.06. The van der Waals surface area contributed by atoms with E-state index in [9.17, 15) is 4.79 Å². The molecule has 0 amide bonds. The molecule has 3 saturated heterocycles. The lowest BCUT2D eigenvalue weighted by Crippen LogP contribution is -3.00. The van der Waals surface area contributed by atoms with E-state index in [-0.39, 0.29) is 12.4 Å². The van der Waals surface area contributed by atoms with Crippen LogP contribution in [0, 0.1) is 5.92 Å². The SMILES string of the molecule is O=C(O)CCC[N+]12CCC(CC1)CC2.[Cl-]. The van der Waals surface area contributed by atoms with Gasteiger partial charge in [0.25, 0.3) is 0 Å². The minimum absolute atomic E-state index is 0. The zero-order valence-electron chi connectivity index (χ0n) is 9.12. The molecule has 3 nitrogen and oxygen atoms in total. The molecule has 1 N–H and O–H groups in total. The molecule has 4 heteroatoms. The lowest BCUT2D eigenvalue weighted by molar-refractivity contribution is -0.942. The first-order chi connectivity index (χ1) is 6.70. The van der Waals surface area contributed by atoms with Gasteiger partial charge in [-0.2, -0.15) is 0 Å². The molecule has 88 valence electrons. The maximum absolute atomic E-state index is 10.4. The Kier molecular flexibility index (Phi) is 4.41. The number of halogens is 1. The van der Waals surface area contributed by atoms with Crippen molar-refractivity contribution < 1.29 is 26.8 Å². The van der Waals surface area contributed by atoms with Crippen LogP contribution in [0.4, 0.5) is 0 Å². The van der Waals surface area contributed by atoms with Crippen LogP contribution in [0.5, 0.6) is 0 Å². The smallest absolute Gasteiger partial charge is 0.303 e. The first-order valence-electron chi connectivity index (χ1n) is 5.77. The normalized spacial score (nSPS) is 33.5. The van der Waals surface area contributed by atoms with E-state index in [0.29, 0.717) is 6.42 Å². The van der Waals surface area contributed by atoms with Gasteiger partial charge in [0.2, 0.25) is 0 Å². The quantitative estimate of drug-likeness (QED) is 0.600. The highest BCUT2D eigenvalue weighted by molar-refractivity contribution is 5.66. The number of rotatable bonds is 4. The van der Waals surface area contributed by atoms with Gasteiger partial charge in [0.1, 0.15) is 0 Å². The van der Waals surface area contributed by atoms with Crippen molar-refractivity contribution in [2.45, 2.75) is 32.1 Å². The molecule has 3 fully saturated rings. The Morgan fingerprint density at radius 1 is 1.20 bits per heavy atom. The van der Waals surface area contributed by atoms with Gasteiger partial charge in [-0.05, 0) is 25.2 Å². The van der Waals surface area contributed by atoms with E-state index >= 15 is 0 Å². The lowest BCUT2D eigenvalue weighted by atomic mass is 9.85. The molecular formula is C11H20ClNO2. The largest absolute Gasteiger partial charge is 1.00 e. The maximum Gasteiger partial charge on any atom is 0.303 e. The molecule has 0 unspecified atom stereocenters. The van der Waals surface area contributed by atoms with Crippen LogP contribution in [0.3, 0.4) is 0 Å². The molecule has 2 bridgehead atoms. The second-order valence-corrected chi connectivity index (χ2v) is 4.97. The van der Waals surface area contributed by atoms with E-state index in [1.165, 1.54) is 43.4 Å². The van der Waals surface area contributed by atoms with Gasteiger partial charge < -0.3 is 22.0 Å². The Morgan fingerprint density at radius 2 is 1.73 bits per heavy atom. The van der Waals surface area contributed by atoms with Gasteiger partial charge in [-0.3, -0.25) is 4.79 Å². The van der Waals surface area contributed by atoms with Gasteiger partial charge in [-0.15, -0.1) is 0 Å². The summed E-state index contributed by atoms with van der Waals surface area (Å²) in [6.45, 7) is 5.03. The number of carboxylic acid groups (broad SMARTS) is 1. The van der Waals surface area contributed by atoms with Crippen LogP contribution in [0.1, 0.15) is 32.1 Å². The van der Waals surface area contributed by atoms with E-state index in [0.717, 1.165) is 18.9 Å². The predicted octanol–water partition coefficient (Wildman–Crippen LogP) is -1.51. The van der Waals surface area contributed by atoms with Crippen LogP contribution < -0.4 is 12.4 Å². The van der Waals surface area contributed by atoms with E-state index in [2.05, 4.69) is 0 Å². The molecule has 3 rings (SSSR count). The summed E-state index contributed by atoms with van der Waals surface area (Å²) < 4.78 is 1.23. The monoisotopic (exact) mass is 233 g/mol. The molecule has 0 radical (unpaired) electrons. The number of hydrogen-bond donors (Lipinski definition) is 1. The summed E-state index contributed by atoms with van der Waals surface area (Å²) in [6, 6.07) is 0. The van der Waals surface area contributed by atoms with Crippen molar-refractivity contribution >= 4 is 5.97 Å². The van der Waals surface area contributed by atoms with E-state index < -0.39 is 5.97 Å². The number of piperidine rings is 3. The van der Waals surface area contributed by atoms with Crippen LogP contribution in [-0.2, 0) is 4.79 Å². The van der Waals surface area contributed by atoms with Crippen LogP contribution in [-0.4, -0.2) is 41.7 Å². The first kappa shape index (κ1) is 12.8. The lowest BCUT2D eigenvalue weighted by Gasteiger charge is -2.49. The number of quaternary nitrogens is 1.